The molecule has 2 N–H and O–H groups in total. The molecule has 0 radical (unpaired) electrons. The lowest BCUT2D eigenvalue weighted by Gasteiger charge is -2.29. The molecule has 1 aliphatic rings. The third-order valence-electron chi connectivity index (χ3n) is 3.97. The number of aromatic nitrogens is 1. The highest BCUT2D eigenvalue weighted by Gasteiger charge is 2.31. The maximum absolute atomic E-state index is 12.0. The normalized spacial score (nSPS) is 21.8. The van der Waals surface area contributed by atoms with Gasteiger partial charge in [0.2, 0.25) is 0 Å². The van der Waals surface area contributed by atoms with Crippen molar-refractivity contribution in [3.63, 3.8) is 0 Å². The Bertz CT molecular complexity index is 478. The van der Waals surface area contributed by atoms with Crippen molar-refractivity contribution in [3.05, 3.63) is 16.6 Å². The molecule has 0 bridgehead atoms. The number of thiazole rings is 1. The van der Waals surface area contributed by atoms with E-state index in [1.54, 1.807) is 17.5 Å². The fourth-order valence-electron chi connectivity index (χ4n) is 2.76. The van der Waals surface area contributed by atoms with Gasteiger partial charge < -0.3 is 15.3 Å². The number of aliphatic carboxylic acids is 1. The van der Waals surface area contributed by atoms with Gasteiger partial charge in [-0.1, -0.05) is 12.8 Å². The van der Waals surface area contributed by atoms with E-state index in [9.17, 15) is 14.7 Å². The zero-order valence-electron chi connectivity index (χ0n) is 12.1. The van der Waals surface area contributed by atoms with Gasteiger partial charge >= 0.3 is 12.0 Å². The van der Waals surface area contributed by atoms with E-state index in [0.29, 0.717) is 19.5 Å². The first-order valence-corrected chi connectivity index (χ1v) is 8.11. The van der Waals surface area contributed by atoms with Crippen LogP contribution in [0.5, 0.6) is 0 Å². The average molecular weight is 311 g/mol. The van der Waals surface area contributed by atoms with E-state index in [4.69, 9.17) is 0 Å². The first-order chi connectivity index (χ1) is 10.1. The Balaban J connectivity index is 1.80. The van der Waals surface area contributed by atoms with Crippen LogP contribution in [0.2, 0.25) is 0 Å². The Labute approximate surface area is 128 Å². The first kappa shape index (κ1) is 15.8. The van der Waals surface area contributed by atoms with Crippen LogP contribution in [0.25, 0.3) is 0 Å². The summed E-state index contributed by atoms with van der Waals surface area (Å²) in [7, 11) is 1.71. The molecule has 2 rings (SSSR count). The molecule has 1 aromatic rings. The molecular weight excluding hydrogens is 290 g/mol. The number of carboxylic acids is 1. The molecule has 2 atom stereocenters. The highest BCUT2D eigenvalue weighted by atomic mass is 32.1. The zero-order chi connectivity index (χ0) is 15.2. The Morgan fingerprint density at radius 2 is 2.24 bits per heavy atom. The van der Waals surface area contributed by atoms with Gasteiger partial charge in [0.05, 0.1) is 23.7 Å². The van der Waals surface area contributed by atoms with Crippen LogP contribution in [0.4, 0.5) is 4.79 Å². The van der Waals surface area contributed by atoms with Crippen molar-refractivity contribution < 1.29 is 14.7 Å². The molecule has 7 heteroatoms. The Hall–Kier alpha value is -1.63. The molecule has 1 heterocycles. The smallest absolute Gasteiger partial charge is 0.317 e. The molecule has 116 valence electrons. The molecular formula is C14H21N3O3S. The van der Waals surface area contributed by atoms with Gasteiger partial charge in [-0.05, 0) is 18.8 Å². The highest BCUT2D eigenvalue weighted by molar-refractivity contribution is 7.07. The molecule has 1 aliphatic carbocycles. The van der Waals surface area contributed by atoms with Crippen LogP contribution >= 0.6 is 11.3 Å². The fourth-order valence-corrected chi connectivity index (χ4v) is 3.31. The minimum absolute atomic E-state index is 0.0351. The highest BCUT2D eigenvalue weighted by Crippen LogP contribution is 2.29. The van der Waals surface area contributed by atoms with Gasteiger partial charge in [0.1, 0.15) is 0 Å². The average Bonchev–Trinajstić information content (AvgIpc) is 2.97. The van der Waals surface area contributed by atoms with Gasteiger partial charge in [-0.3, -0.25) is 4.79 Å². The predicted octanol–water partition coefficient (Wildman–Crippen LogP) is 2.18. The lowest BCUT2D eigenvalue weighted by Crippen LogP contribution is -2.42. The molecule has 1 fully saturated rings. The van der Waals surface area contributed by atoms with E-state index >= 15 is 0 Å². The Kier molecular flexibility index (Phi) is 5.55. The van der Waals surface area contributed by atoms with Crippen LogP contribution in [-0.4, -0.2) is 40.6 Å². The largest absolute Gasteiger partial charge is 0.481 e. The van der Waals surface area contributed by atoms with E-state index in [1.807, 2.05) is 5.38 Å². The quantitative estimate of drug-likeness (QED) is 0.873. The molecule has 0 saturated heterocycles. The number of carbonyl (C=O) groups is 2. The number of amides is 2. The van der Waals surface area contributed by atoms with E-state index in [0.717, 1.165) is 25.0 Å². The molecule has 1 saturated carbocycles. The number of rotatable bonds is 5. The third-order valence-corrected chi connectivity index (χ3v) is 4.61. The number of carboxylic acid groups (broad SMARTS) is 1. The van der Waals surface area contributed by atoms with Crippen LogP contribution in [0, 0.1) is 11.8 Å². The van der Waals surface area contributed by atoms with Crippen molar-refractivity contribution in [2.45, 2.75) is 32.2 Å². The second kappa shape index (κ2) is 7.40. The Morgan fingerprint density at radius 1 is 1.48 bits per heavy atom. The van der Waals surface area contributed by atoms with Gasteiger partial charge in [-0.2, -0.15) is 0 Å². The molecule has 0 aliphatic heterocycles. The van der Waals surface area contributed by atoms with Gasteiger partial charge in [0, 0.05) is 19.0 Å². The van der Waals surface area contributed by atoms with Crippen LogP contribution in [0.3, 0.4) is 0 Å². The van der Waals surface area contributed by atoms with Gasteiger partial charge in [-0.15, -0.1) is 11.3 Å². The van der Waals surface area contributed by atoms with E-state index in [-0.39, 0.29) is 17.9 Å². The minimum atomic E-state index is -0.746. The van der Waals surface area contributed by atoms with Gasteiger partial charge in [-0.25, -0.2) is 9.78 Å². The topological polar surface area (TPSA) is 82.5 Å². The van der Waals surface area contributed by atoms with Crippen molar-refractivity contribution in [3.8, 4) is 0 Å². The molecule has 0 spiro atoms. The van der Waals surface area contributed by atoms with Crippen molar-refractivity contribution >= 4 is 23.3 Å². The fraction of sp³-hybridized carbons (Fsp3) is 0.643. The number of urea groups is 1. The van der Waals surface area contributed by atoms with E-state index in [2.05, 4.69) is 10.3 Å². The summed E-state index contributed by atoms with van der Waals surface area (Å²) in [5.74, 6) is -1.04. The summed E-state index contributed by atoms with van der Waals surface area (Å²) in [6, 6.07) is -0.183. The number of hydrogen-bond acceptors (Lipinski definition) is 4. The standard InChI is InChI=1S/C14H21N3O3S/c1-17(7-11-8-21-9-16-11)14(20)15-6-10-4-2-3-5-12(10)13(18)19/h8-10,12H,2-7H2,1H3,(H,15,20)(H,18,19). The summed E-state index contributed by atoms with van der Waals surface area (Å²) >= 11 is 1.50. The lowest BCUT2D eigenvalue weighted by atomic mass is 9.79. The maximum Gasteiger partial charge on any atom is 0.317 e. The summed E-state index contributed by atoms with van der Waals surface area (Å²) in [6.45, 7) is 0.888. The van der Waals surface area contributed by atoms with E-state index < -0.39 is 5.97 Å². The molecule has 0 aromatic carbocycles. The minimum Gasteiger partial charge on any atom is -0.481 e. The maximum atomic E-state index is 12.0. The SMILES string of the molecule is CN(Cc1cscn1)C(=O)NCC1CCCCC1C(=O)O. The number of nitrogens with zero attached hydrogens (tertiary/aromatic N) is 2. The second-order valence-corrected chi connectivity index (χ2v) is 6.23. The number of hydrogen-bond donors (Lipinski definition) is 2. The van der Waals surface area contributed by atoms with Crippen molar-refractivity contribution in [2.24, 2.45) is 11.8 Å². The molecule has 6 nitrogen and oxygen atoms in total. The van der Waals surface area contributed by atoms with Crippen LogP contribution < -0.4 is 5.32 Å². The predicted molar refractivity (Wildman–Crippen MR) is 80.1 cm³/mol. The van der Waals surface area contributed by atoms with Crippen LogP contribution in [0.1, 0.15) is 31.4 Å². The van der Waals surface area contributed by atoms with Crippen molar-refractivity contribution in [1.82, 2.24) is 15.2 Å². The summed E-state index contributed by atoms with van der Waals surface area (Å²) in [5, 5.41) is 14.0. The molecule has 1 aromatic heterocycles. The summed E-state index contributed by atoms with van der Waals surface area (Å²) < 4.78 is 0. The third kappa shape index (κ3) is 4.42. The summed E-state index contributed by atoms with van der Waals surface area (Å²) in [6.07, 6.45) is 3.59. The van der Waals surface area contributed by atoms with Gasteiger partial charge in [0.25, 0.3) is 0 Å². The van der Waals surface area contributed by atoms with Crippen molar-refractivity contribution in [1.29, 1.82) is 0 Å². The van der Waals surface area contributed by atoms with Crippen molar-refractivity contribution in [2.75, 3.05) is 13.6 Å². The summed E-state index contributed by atoms with van der Waals surface area (Å²) in [4.78, 5) is 29.0. The molecule has 21 heavy (non-hydrogen) atoms. The summed E-state index contributed by atoms with van der Waals surface area (Å²) in [5.41, 5.74) is 2.60. The van der Waals surface area contributed by atoms with Crippen LogP contribution in [-0.2, 0) is 11.3 Å². The van der Waals surface area contributed by atoms with E-state index in [1.165, 1.54) is 11.3 Å². The molecule has 2 unspecified atom stereocenters. The number of carbonyl (C=O) groups excluding carboxylic acids is 1. The molecule has 2 amide bonds. The van der Waals surface area contributed by atoms with Crippen LogP contribution in [0.15, 0.2) is 10.9 Å². The lowest BCUT2D eigenvalue weighted by molar-refractivity contribution is -0.144. The Morgan fingerprint density at radius 3 is 2.90 bits per heavy atom. The van der Waals surface area contributed by atoms with Gasteiger partial charge in [0.15, 0.2) is 0 Å². The zero-order valence-corrected chi connectivity index (χ0v) is 12.9. The first-order valence-electron chi connectivity index (χ1n) is 7.16. The monoisotopic (exact) mass is 311 g/mol. The number of nitrogens with one attached hydrogen (secondary N) is 1. The second-order valence-electron chi connectivity index (χ2n) is 5.51.